The van der Waals surface area contributed by atoms with Gasteiger partial charge in [-0.05, 0) is 30.7 Å². The Bertz CT molecular complexity index is 848. The number of halogens is 1. The van der Waals surface area contributed by atoms with Crippen LogP contribution >= 0.6 is 11.6 Å². The van der Waals surface area contributed by atoms with Crippen LogP contribution in [0.4, 0.5) is 0 Å². The average Bonchev–Trinajstić information content (AvgIpc) is 2.96. The van der Waals surface area contributed by atoms with Crippen molar-refractivity contribution in [2.45, 2.75) is 25.9 Å². The quantitative estimate of drug-likeness (QED) is 0.822. The van der Waals surface area contributed by atoms with E-state index in [-0.39, 0.29) is 30.1 Å². The second-order valence-electron chi connectivity index (χ2n) is 6.37. The molecule has 134 valence electrons. The zero-order valence-electron chi connectivity index (χ0n) is 14.4. The maximum absolute atomic E-state index is 12.4. The number of nitrogens with one attached hydrogen (secondary N) is 1. The van der Waals surface area contributed by atoms with Gasteiger partial charge in [0.2, 0.25) is 5.91 Å². The van der Waals surface area contributed by atoms with Crippen LogP contribution in [-0.2, 0) is 11.3 Å². The molecule has 0 saturated carbocycles. The molecule has 2 amide bonds. The summed E-state index contributed by atoms with van der Waals surface area (Å²) in [6, 6.07) is 13.6. The predicted octanol–water partition coefficient (Wildman–Crippen LogP) is 3.07. The molecule has 0 unspecified atom stereocenters. The van der Waals surface area contributed by atoms with Gasteiger partial charge in [0.15, 0.2) is 5.78 Å². The molecule has 6 heteroatoms. The first-order valence-electron chi connectivity index (χ1n) is 8.37. The molecule has 0 radical (unpaired) electrons. The monoisotopic (exact) mass is 370 g/mol. The summed E-state index contributed by atoms with van der Waals surface area (Å²) in [4.78, 5) is 37.6. The maximum atomic E-state index is 12.4. The van der Waals surface area contributed by atoms with Gasteiger partial charge >= 0.3 is 0 Å². The lowest BCUT2D eigenvalue weighted by atomic mass is 10.1. The standard InChI is InChI=1S/C20H19ClN2O3/c1-13(24)14-6-8-15(9-7-14)20(26)22-17-10-19(25)23(12-17)11-16-4-2-3-5-18(16)21/h2-9,17H,10-12H2,1H3,(H,22,26)/t17-/m0/s1. The number of nitrogens with zero attached hydrogens (tertiary/aromatic N) is 1. The molecule has 2 aromatic rings. The second kappa shape index (κ2) is 7.70. The van der Waals surface area contributed by atoms with Crippen LogP contribution < -0.4 is 5.32 Å². The third-order valence-electron chi connectivity index (χ3n) is 4.42. The zero-order valence-corrected chi connectivity index (χ0v) is 15.1. The number of amides is 2. The normalized spacial score (nSPS) is 16.6. The predicted molar refractivity (Wildman–Crippen MR) is 99.2 cm³/mol. The highest BCUT2D eigenvalue weighted by molar-refractivity contribution is 6.31. The van der Waals surface area contributed by atoms with Gasteiger partial charge in [-0.2, -0.15) is 0 Å². The summed E-state index contributed by atoms with van der Waals surface area (Å²) >= 11 is 6.15. The number of ketones is 1. The fourth-order valence-corrected chi connectivity index (χ4v) is 3.17. The molecule has 0 aliphatic carbocycles. The van der Waals surface area contributed by atoms with E-state index in [0.717, 1.165) is 5.56 Å². The Labute approximate surface area is 156 Å². The highest BCUT2D eigenvalue weighted by atomic mass is 35.5. The molecule has 0 bridgehead atoms. The summed E-state index contributed by atoms with van der Waals surface area (Å²) in [5.41, 5.74) is 1.91. The molecule has 0 spiro atoms. The number of likely N-dealkylation sites (tertiary alicyclic amines) is 1. The molecule has 3 rings (SSSR count). The molecule has 1 heterocycles. The minimum absolute atomic E-state index is 0.0119. The van der Waals surface area contributed by atoms with Crippen LogP contribution in [0.1, 0.15) is 39.6 Å². The Balaban J connectivity index is 1.61. The molecule has 1 fully saturated rings. The van der Waals surface area contributed by atoms with Crippen LogP contribution in [0.3, 0.4) is 0 Å². The molecule has 0 aromatic heterocycles. The number of carbonyl (C=O) groups excluding carboxylic acids is 3. The molecule has 1 saturated heterocycles. The molecule has 5 nitrogen and oxygen atoms in total. The fraction of sp³-hybridized carbons (Fsp3) is 0.250. The van der Waals surface area contributed by atoms with Crippen molar-refractivity contribution in [3.63, 3.8) is 0 Å². The molecule has 1 atom stereocenters. The van der Waals surface area contributed by atoms with Gasteiger partial charge in [-0.15, -0.1) is 0 Å². The lowest BCUT2D eigenvalue weighted by Crippen LogP contribution is -2.37. The zero-order chi connectivity index (χ0) is 18.7. The van der Waals surface area contributed by atoms with Crippen molar-refractivity contribution in [3.8, 4) is 0 Å². The SMILES string of the molecule is CC(=O)c1ccc(C(=O)N[C@H]2CC(=O)N(Cc3ccccc3Cl)C2)cc1. The molecule has 1 N–H and O–H groups in total. The highest BCUT2D eigenvalue weighted by Gasteiger charge is 2.31. The maximum Gasteiger partial charge on any atom is 0.251 e. The van der Waals surface area contributed by atoms with Gasteiger partial charge in [-0.25, -0.2) is 0 Å². The summed E-state index contributed by atoms with van der Waals surface area (Å²) < 4.78 is 0. The third-order valence-corrected chi connectivity index (χ3v) is 4.79. The van der Waals surface area contributed by atoms with Crippen LogP contribution in [0.5, 0.6) is 0 Å². The minimum atomic E-state index is -0.252. The first-order chi connectivity index (χ1) is 12.4. The van der Waals surface area contributed by atoms with Gasteiger partial charge in [0.25, 0.3) is 5.91 Å². The van der Waals surface area contributed by atoms with E-state index in [9.17, 15) is 14.4 Å². The second-order valence-corrected chi connectivity index (χ2v) is 6.78. The fourth-order valence-electron chi connectivity index (χ4n) is 2.98. The summed E-state index contributed by atoms with van der Waals surface area (Å²) in [5.74, 6) is -0.312. The van der Waals surface area contributed by atoms with E-state index in [2.05, 4.69) is 5.32 Å². The Morgan fingerprint density at radius 3 is 2.42 bits per heavy atom. The largest absolute Gasteiger partial charge is 0.347 e. The average molecular weight is 371 g/mol. The Morgan fingerprint density at radius 1 is 1.12 bits per heavy atom. The smallest absolute Gasteiger partial charge is 0.251 e. The lowest BCUT2D eigenvalue weighted by molar-refractivity contribution is -0.128. The summed E-state index contributed by atoms with van der Waals surface area (Å²) in [6.07, 6.45) is 0.266. The van der Waals surface area contributed by atoms with Gasteiger partial charge in [-0.3, -0.25) is 14.4 Å². The van der Waals surface area contributed by atoms with Gasteiger partial charge in [0.1, 0.15) is 0 Å². The first kappa shape index (κ1) is 18.1. The number of Topliss-reactive ketones (excluding diaryl/α,β-unsaturated/α-hetero) is 1. The Kier molecular flexibility index (Phi) is 5.38. The molecular weight excluding hydrogens is 352 g/mol. The van der Waals surface area contributed by atoms with Crippen LogP contribution in [0, 0.1) is 0 Å². The number of benzene rings is 2. The number of carbonyl (C=O) groups is 3. The first-order valence-corrected chi connectivity index (χ1v) is 8.75. The molecule has 1 aliphatic heterocycles. The van der Waals surface area contributed by atoms with Gasteiger partial charge in [-0.1, -0.05) is 41.9 Å². The lowest BCUT2D eigenvalue weighted by Gasteiger charge is -2.18. The summed E-state index contributed by atoms with van der Waals surface area (Å²) in [5, 5.41) is 3.51. The van der Waals surface area contributed by atoms with Gasteiger partial charge in [0, 0.05) is 35.7 Å². The van der Waals surface area contributed by atoms with Crippen molar-refractivity contribution in [2.24, 2.45) is 0 Å². The number of rotatable bonds is 5. The topological polar surface area (TPSA) is 66.5 Å². The van der Waals surface area contributed by atoms with E-state index in [0.29, 0.717) is 29.2 Å². The third kappa shape index (κ3) is 4.11. The van der Waals surface area contributed by atoms with E-state index >= 15 is 0 Å². The van der Waals surface area contributed by atoms with Crippen molar-refractivity contribution in [1.82, 2.24) is 10.2 Å². The van der Waals surface area contributed by atoms with Crippen molar-refractivity contribution in [2.75, 3.05) is 6.54 Å². The van der Waals surface area contributed by atoms with Gasteiger partial charge in [0.05, 0.1) is 6.04 Å². The Morgan fingerprint density at radius 2 is 1.77 bits per heavy atom. The van der Waals surface area contributed by atoms with Crippen LogP contribution in [-0.4, -0.2) is 35.1 Å². The molecular formula is C20H19ClN2O3. The Hall–Kier alpha value is -2.66. The summed E-state index contributed by atoms with van der Waals surface area (Å²) in [7, 11) is 0. The minimum Gasteiger partial charge on any atom is -0.347 e. The summed E-state index contributed by atoms with van der Waals surface area (Å²) in [6.45, 7) is 2.35. The molecule has 26 heavy (non-hydrogen) atoms. The van der Waals surface area contributed by atoms with Crippen molar-refractivity contribution >= 4 is 29.2 Å². The van der Waals surface area contributed by atoms with Crippen LogP contribution in [0.25, 0.3) is 0 Å². The van der Waals surface area contributed by atoms with Crippen molar-refractivity contribution in [3.05, 3.63) is 70.2 Å². The van der Waals surface area contributed by atoms with Crippen molar-refractivity contribution in [1.29, 1.82) is 0 Å². The van der Waals surface area contributed by atoms with Crippen LogP contribution in [0.2, 0.25) is 5.02 Å². The number of hydrogen-bond acceptors (Lipinski definition) is 3. The van der Waals surface area contributed by atoms with E-state index in [4.69, 9.17) is 11.6 Å². The van der Waals surface area contributed by atoms with Gasteiger partial charge < -0.3 is 10.2 Å². The number of hydrogen-bond donors (Lipinski definition) is 1. The van der Waals surface area contributed by atoms with E-state index < -0.39 is 0 Å². The van der Waals surface area contributed by atoms with Crippen LogP contribution in [0.15, 0.2) is 48.5 Å². The molecule has 1 aliphatic rings. The van der Waals surface area contributed by atoms with Crippen molar-refractivity contribution < 1.29 is 14.4 Å². The van der Waals surface area contributed by atoms with E-state index in [1.54, 1.807) is 35.2 Å². The van der Waals surface area contributed by atoms with E-state index in [1.807, 2.05) is 18.2 Å². The highest BCUT2D eigenvalue weighted by Crippen LogP contribution is 2.21. The molecule has 2 aromatic carbocycles. The van der Waals surface area contributed by atoms with E-state index in [1.165, 1.54) is 6.92 Å².